The van der Waals surface area contributed by atoms with Gasteiger partial charge in [-0.1, -0.05) is 24.3 Å². The molecule has 1 aliphatic rings. The zero-order valence-electron chi connectivity index (χ0n) is 12.4. The van der Waals surface area contributed by atoms with E-state index in [0.29, 0.717) is 24.4 Å². The van der Waals surface area contributed by atoms with Crippen LogP contribution in [0.1, 0.15) is 22.9 Å². The molecule has 1 unspecified atom stereocenters. The maximum absolute atomic E-state index is 12.9. The van der Waals surface area contributed by atoms with Crippen LogP contribution in [0.15, 0.2) is 36.7 Å². The predicted octanol–water partition coefficient (Wildman–Crippen LogP) is 3.66. The Morgan fingerprint density at radius 1 is 1.21 bits per heavy atom. The van der Waals surface area contributed by atoms with Gasteiger partial charge in [0.2, 0.25) is 0 Å². The van der Waals surface area contributed by atoms with Gasteiger partial charge in [0.15, 0.2) is 0 Å². The number of rotatable bonds is 2. The Morgan fingerprint density at radius 3 is 2.88 bits per heavy atom. The van der Waals surface area contributed by atoms with Gasteiger partial charge in [0, 0.05) is 0 Å². The van der Waals surface area contributed by atoms with E-state index in [1.807, 2.05) is 24.3 Å². The number of alkyl halides is 3. The highest BCUT2D eigenvalue weighted by Crippen LogP contribution is 2.34. The van der Waals surface area contributed by atoms with E-state index in [0.717, 1.165) is 17.2 Å². The summed E-state index contributed by atoms with van der Waals surface area (Å²) in [5.74, 6) is 0.344. The number of benzene rings is 1. The van der Waals surface area contributed by atoms with E-state index >= 15 is 0 Å². The van der Waals surface area contributed by atoms with Crippen molar-refractivity contribution < 1.29 is 17.9 Å². The number of aromatic amines is 1. The van der Waals surface area contributed by atoms with Crippen LogP contribution in [0.25, 0.3) is 11.0 Å². The van der Waals surface area contributed by atoms with Crippen LogP contribution in [-0.2, 0) is 17.5 Å². The van der Waals surface area contributed by atoms with Gasteiger partial charge < -0.3 is 15.0 Å². The van der Waals surface area contributed by atoms with E-state index in [2.05, 4.69) is 20.3 Å². The van der Waals surface area contributed by atoms with Crippen LogP contribution in [-0.4, -0.2) is 21.6 Å². The molecule has 0 aliphatic carbocycles. The lowest BCUT2D eigenvalue weighted by atomic mass is 9.99. The fourth-order valence-electron chi connectivity index (χ4n) is 2.87. The lowest BCUT2D eigenvalue weighted by Gasteiger charge is -2.27. The molecule has 0 saturated carbocycles. The van der Waals surface area contributed by atoms with Crippen molar-refractivity contribution in [3.8, 4) is 0 Å². The van der Waals surface area contributed by atoms with Crippen molar-refractivity contribution in [3.05, 3.63) is 53.5 Å². The maximum atomic E-state index is 12.9. The Kier molecular flexibility index (Phi) is 3.42. The first-order chi connectivity index (χ1) is 11.5. The van der Waals surface area contributed by atoms with Crippen molar-refractivity contribution in [1.29, 1.82) is 0 Å². The lowest BCUT2D eigenvalue weighted by Crippen LogP contribution is -2.23. The molecule has 0 radical (unpaired) electrons. The number of H-pyrrole nitrogens is 1. The topological polar surface area (TPSA) is 62.8 Å². The molecule has 0 amide bonds. The van der Waals surface area contributed by atoms with Gasteiger partial charge in [-0.25, -0.2) is 9.97 Å². The molecule has 3 heterocycles. The van der Waals surface area contributed by atoms with Gasteiger partial charge in [-0.2, -0.15) is 13.2 Å². The highest BCUT2D eigenvalue weighted by atomic mass is 19.4. The van der Waals surface area contributed by atoms with Crippen molar-refractivity contribution in [2.24, 2.45) is 0 Å². The molecular weight excluding hydrogens is 321 g/mol. The summed E-state index contributed by atoms with van der Waals surface area (Å²) in [6.45, 7) is 0.939. The Balaban J connectivity index is 1.72. The van der Waals surface area contributed by atoms with Crippen LogP contribution in [0, 0.1) is 0 Å². The number of anilines is 1. The summed E-state index contributed by atoms with van der Waals surface area (Å²) in [4.78, 5) is 10.3. The Hall–Kier alpha value is -2.61. The molecule has 0 spiro atoms. The van der Waals surface area contributed by atoms with Crippen LogP contribution in [0.5, 0.6) is 0 Å². The van der Waals surface area contributed by atoms with Gasteiger partial charge >= 0.3 is 6.18 Å². The smallest absolute Gasteiger partial charge is 0.374 e. The first-order valence-corrected chi connectivity index (χ1v) is 7.35. The van der Waals surface area contributed by atoms with E-state index in [1.165, 1.54) is 6.33 Å². The van der Waals surface area contributed by atoms with Crippen LogP contribution >= 0.6 is 0 Å². The normalized spacial score (nSPS) is 17.7. The molecule has 1 aliphatic heterocycles. The summed E-state index contributed by atoms with van der Waals surface area (Å²) in [7, 11) is 0. The number of nitrogens with one attached hydrogen (secondary N) is 2. The Labute approximate surface area is 134 Å². The molecule has 0 saturated heterocycles. The number of ether oxygens (including phenoxy) is 1. The second kappa shape index (κ2) is 5.48. The molecule has 5 nitrogen and oxygen atoms in total. The fourth-order valence-corrected chi connectivity index (χ4v) is 2.87. The minimum Gasteiger partial charge on any atom is -0.374 e. The van der Waals surface area contributed by atoms with Crippen LogP contribution in [0.2, 0.25) is 0 Å². The molecule has 1 aromatic carbocycles. The summed E-state index contributed by atoms with van der Waals surface area (Å²) in [5, 5.41) is 3.48. The summed E-state index contributed by atoms with van der Waals surface area (Å²) in [6, 6.07) is 8.63. The molecule has 2 aromatic heterocycles. The van der Waals surface area contributed by atoms with Crippen molar-refractivity contribution in [2.45, 2.75) is 18.8 Å². The SMILES string of the molecule is FC(F)(F)c1cc2c(NC3COCc4ccccc43)ncnc2[nH]1. The molecular formula is C16H13F3N4O. The van der Waals surface area contributed by atoms with Crippen molar-refractivity contribution in [3.63, 3.8) is 0 Å². The molecule has 124 valence electrons. The minimum atomic E-state index is -4.46. The highest BCUT2D eigenvalue weighted by Gasteiger charge is 2.33. The van der Waals surface area contributed by atoms with E-state index in [1.54, 1.807) is 0 Å². The average molecular weight is 334 g/mol. The highest BCUT2D eigenvalue weighted by molar-refractivity contribution is 5.88. The largest absolute Gasteiger partial charge is 0.431 e. The van der Waals surface area contributed by atoms with Crippen LogP contribution in [0.3, 0.4) is 0 Å². The predicted molar refractivity (Wildman–Crippen MR) is 81.4 cm³/mol. The van der Waals surface area contributed by atoms with Crippen LogP contribution < -0.4 is 5.32 Å². The molecule has 3 aromatic rings. The van der Waals surface area contributed by atoms with E-state index in [-0.39, 0.29) is 11.7 Å². The third-order valence-corrected chi connectivity index (χ3v) is 4.01. The monoisotopic (exact) mass is 334 g/mol. The molecule has 0 bridgehead atoms. The number of hydrogen-bond donors (Lipinski definition) is 2. The molecule has 4 rings (SSSR count). The number of nitrogens with zero attached hydrogens (tertiary/aromatic N) is 2. The summed E-state index contributed by atoms with van der Waals surface area (Å²) >= 11 is 0. The number of fused-ring (bicyclic) bond motifs is 2. The average Bonchev–Trinajstić information content (AvgIpc) is 3.01. The fraction of sp³-hybridized carbons (Fsp3) is 0.250. The number of hydrogen-bond acceptors (Lipinski definition) is 4. The maximum Gasteiger partial charge on any atom is 0.431 e. The van der Waals surface area contributed by atoms with Crippen LogP contribution in [0.4, 0.5) is 19.0 Å². The van der Waals surface area contributed by atoms with Crippen molar-refractivity contribution in [1.82, 2.24) is 15.0 Å². The van der Waals surface area contributed by atoms with Crippen molar-refractivity contribution >= 4 is 16.9 Å². The van der Waals surface area contributed by atoms with E-state index in [9.17, 15) is 13.2 Å². The molecule has 0 fully saturated rings. The Bertz CT molecular complexity index is 890. The quantitative estimate of drug-likeness (QED) is 0.751. The molecule has 2 N–H and O–H groups in total. The van der Waals surface area contributed by atoms with E-state index < -0.39 is 11.9 Å². The van der Waals surface area contributed by atoms with Gasteiger partial charge in [-0.3, -0.25) is 0 Å². The van der Waals surface area contributed by atoms with Gasteiger partial charge in [0.25, 0.3) is 0 Å². The molecule has 24 heavy (non-hydrogen) atoms. The third kappa shape index (κ3) is 2.58. The molecule has 8 heteroatoms. The van der Waals surface area contributed by atoms with E-state index in [4.69, 9.17) is 4.74 Å². The second-order valence-corrected chi connectivity index (χ2v) is 5.58. The Morgan fingerprint density at radius 2 is 2.04 bits per heavy atom. The zero-order valence-corrected chi connectivity index (χ0v) is 12.4. The van der Waals surface area contributed by atoms with Gasteiger partial charge in [-0.15, -0.1) is 0 Å². The zero-order chi connectivity index (χ0) is 16.7. The number of halogens is 3. The van der Waals surface area contributed by atoms with Gasteiger partial charge in [0.1, 0.15) is 23.5 Å². The first-order valence-electron chi connectivity index (χ1n) is 7.35. The summed E-state index contributed by atoms with van der Waals surface area (Å²) in [5.41, 5.74) is 1.41. The van der Waals surface area contributed by atoms with Gasteiger partial charge in [0.05, 0.1) is 24.6 Å². The minimum absolute atomic E-state index is 0.143. The molecule has 1 atom stereocenters. The lowest BCUT2D eigenvalue weighted by molar-refractivity contribution is -0.140. The first kappa shape index (κ1) is 14.9. The number of aromatic nitrogens is 3. The standard InChI is InChI=1S/C16H13F3N4O/c17-16(18,19)13-5-11-14(20-8-21-15(11)23-13)22-12-7-24-6-9-3-1-2-4-10(9)12/h1-5,8,12H,6-7H2,(H2,20,21,22,23). The van der Waals surface area contributed by atoms with Gasteiger partial charge in [-0.05, 0) is 17.2 Å². The summed E-state index contributed by atoms with van der Waals surface area (Å²) < 4.78 is 44.2. The third-order valence-electron chi connectivity index (χ3n) is 4.01. The van der Waals surface area contributed by atoms with Crippen molar-refractivity contribution in [2.75, 3.05) is 11.9 Å². The summed E-state index contributed by atoms with van der Waals surface area (Å²) in [6.07, 6.45) is -3.23. The second-order valence-electron chi connectivity index (χ2n) is 5.58.